The topological polar surface area (TPSA) is 111 Å². The number of aryl methyl sites for hydroxylation is 1. The molecular weight excluding hydrogens is 343 g/mol. The molecular formula is C20H19BN2O4. The molecule has 1 aromatic heterocycles. The van der Waals surface area contributed by atoms with Gasteiger partial charge in [-0.3, -0.25) is 4.98 Å². The third-order valence-corrected chi connectivity index (χ3v) is 3.74. The van der Waals surface area contributed by atoms with Crippen molar-refractivity contribution in [3.8, 4) is 5.75 Å². The number of hydrogen-bond donors (Lipinski definition) is 1. The molecule has 0 unspecified atom stereocenters. The zero-order chi connectivity index (χ0) is 17.6. The number of pyridine rings is 1. The average Bonchev–Trinajstić information content (AvgIpc) is 2.64. The van der Waals surface area contributed by atoms with Gasteiger partial charge >= 0.3 is 118 Å². The summed E-state index contributed by atoms with van der Waals surface area (Å²) in [5.41, 5.74) is 3.67. The molecule has 2 aromatic carbocycles. The quantitative estimate of drug-likeness (QED) is 0.702. The monoisotopic (exact) mass is 362 g/mol. The van der Waals surface area contributed by atoms with Crippen LogP contribution in [0.2, 0.25) is 0 Å². The van der Waals surface area contributed by atoms with Crippen LogP contribution in [0.3, 0.4) is 0 Å². The number of benzene rings is 2. The van der Waals surface area contributed by atoms with Crippen LogP contribution in [0.15, 0.2) is 66.9 Å². The Labute approximate surface area is 159 Å². The molecule has 0 bridgehead atoms. The summed E-state index contributed by atoms with van der Waals surface area (Å²) >= 11 is 0. The smallest absolute Gasteiger partial charge is 0.870 e. The van der Waals surface area contributed by atoms with Gasteiger partial charge in [0.25, 0.3) is 0 Å². The number of rotatable bonds is 5. The number of aromatic nitrogens is 1. The van der Waals surface area contributed by atoms with E-state index in [1.807, 2.05) is 31.2 Å². The second-order valence-electron chi connectivity index (χ2n) is 5.66. The Morgan fingerprint density at radius 1 is 1.07 bits per heavy atom. The van der Waals surface area contributed by atoms with Crippen LogP contribution in [0.25, 0.3) is 0 Å². The number of anilines is 1. The standard InChI is InChI=1S/C20H17BN2O2.2H2O/c1-14-5-8-16(21)12-19(14)23-20(24)15-6-9-18(10-7-15)25-13-17-4-2-3-11-22-17;;/h2-12H,13H2,1H3,(H,23,24);2*1H2/q+2;;/p-2. The second kappa shape index (κ2) is 10.1. The SMILES string of the molecule is [B+2]c1ccc(C)c(NC(=O)c2ccc(OCc3ccccn3)cc2)c1.[OH-].[OH-]. The third kappa shape index (κ3) is 5.95. The number of hydrogen-bond acceptors (Lipinski definition) is 5. The van der Waals surface area contributed by atoms with Gasteiger partial charge in [-0.2, -0.15) is 0 Å². The Hall–Kier alpha value is -3.16. The fourth-order valence-corrected chi connectivity index (χ4v) is 2.31. The first-order valence-electron chi connectivity index (χ1n) is 7.92. The summed E-state index contributed by atoms with van der Waals surface area (Å²) < 4.78 is 5.67. The van der Waals surface area contributed by atoms with Crippen molar-refractivity contribution >= 4 is 24.9 Å². The first-order valence-corrected chi connectivity index (χ1v) is 7.92. The summed E-state index contributed by atoms with van der Waals surface area (Å²) in [6.45, 7) is 2.30. The minimum atomic E-state index is -0.190. The molecule has 0 aliphatic carbocycles. The molecule has 0 radical (unpaired) electrons. The molecule has 3 rings (SSSR count). The molecule has 0 aliphatic heterocycles. The molecule has 1 amide bonds. The molecule has 3 aromatic rings. The van der Waals surface area contributed by atoms with Gasteiger partial charge in [0.15, 0.2) is 0 Å². The summed E-state index contributed by atoms with van der Waals surface area (Å²) in [6.07, 6.45) is 1.73. The molecule has 0 aliphatic rings. The van der Waals surface area contributed by atoms with Gasteiger partial charge in [-0.25, -0.2) is 0 Å². The number of carbonyl (C=O) groups is 1. The van der Waals surface area contributed by atoms with Crippen LogP contribution >= 0.6 is 0 Å². The minimum absolute atomic E-state index is 0. The van der Waals surface area contributed by atoms with Gasteiger partial charge in [0, 0.05) is 6.20 Å². The van der Waals surface area contributed by atoms with Crippen LogP contribution in [0.5, 0.6) is 5.75 Å². The van der Waals surface area contributed by atoms with Gasteiger partial charge < -0.3 is 11.0 Å². The number of nitrogens with one attached hydrogen (secondary N) is 1. The fraction of sp³-hybridized carbons (Fsp3) is 0.100. The van der Waals surface area contributed by atoms with Crippen LogP contribution in [-0.2, 0) is 6.61 Å². The summed E-state index contributed by atoms with van der Waals surface area (Å²) in [7, 11) is 5.77. The van der Waals surface area contributed by atoms with Crippen molar-refractivity contribution in [3.05, 3.63) is 83.7 Å². The Morgan fingerprint density at radius 3 is 2.48 bits per heavy atom. The van der Waals surface area contributed by atoms with E-state index in [0.29, 0.717) is 29.1 Å². The van der Waals surface area contributed by atoms with E-state index in [4.69, 9.17) is 12.6 Å². The van der Waals surface area contributed by atoms with Crippen LogP contribution in [-0.4, -0.2) is 29.7 Å². The van der Waals surface area contributed by atoms with Crippen LogP contribution in [0.4, 0.5) is 5.69 Å². The molecule has 0 saturated heterocycles. The normalized spacial score (nSPS) is 9.59. The van der Waals surface area contributed by atoms with Crippen LogP contribution < -0.4 is 15.5 Å². The van der Waals surface area contributed by atoms with Crippen molar-refractivity contribution in [1.29, 1.82) is 0 Å². The molecule has 0 fully saturated rings. The van der Waals surface area contributed by atoms with E-state index < -0.39 is 0 Å². The Balaban J connectivity index is 0.00000182. The van der Waals surface area contributed by atoms with E-state index in [1.54, 1.807) is 42.6 Å². The zero-order valence-corrected chi connectivity index (χ0v) is 14.8. The van der Waals surface area contributed by atoms with Crippen molar-refractivity contribution < 1.29 is 20.5 Å². The van der Waals surface area contributed by atoms with E-state index in [2.05, 4.69) is 10.3 Å². The average molecular weight is 362 g/mol. The fourth-order valence-electron chi connectivity index (χ4n) is 2.31. The van der Waals surface area contributed by atoms with Gasteiger partial charge in [0.1, 0.15) is 0 Å². The second-order valence-corrected chi connectivity index (χ2v) is 5.66. The molecule has 1 heterocycles. The maximum Gasteiger partial charge on any atom is -0.870 e. The van der Waals surface area contributed by atoms with E-state index in [-0.39, 0.29) is 16.9 Å². The Morgan fingerprint density at radius 2 is 1.81 bits per heavy atom. The van der Waals surface area contributed by atoms with Crippen molar-refractivity contribution in [3.63, 3.8) is 0 Å². The van der Waals surface area contributed by atoms with Gasteiger partial charge in [0.05, 0.1) is 0 Å². The summed E-state index contributed by atoms with van der Waals surface area (Å²) in [5, 5.41) is 2.87. The van der Waals surface area contributed by atoms with Crippen molar-refractivity contribution in [2.24, 2.45) is 0 Å². The van der Waals surface area contributed by atoms with Crippen molar-refractivity contribution in [1.82, 2.24) is 4.98 Å². The molecule has 6 nitrogen and oxygen atoms in total. The first-order chi connectivity index (χ1) is 12.1. The predicted molar refractivity (Wildman–Crippen MR) is 103 cm³/mol. The van der Waals surface area contributed by atoms with Crippen molar-refractivity contribution in [2.45, 2.75) is 13.5 Å². The maximum absolute atomic E-state index is 12.4. The maximum atomic E-state index is 12.4. The van der Waals surface area contributed by atoms with Crippen LogP contribution in [0.1, 0.15) is 21.6 Å². The largest absolute Gasteiger partial charge is 0.870 e. The Kier molecular flexibility index (Phi) is 8.19. The summed E-state index contributed by atoms with van der Waals surface area (Å²) in [5.74, 6) is 0.493. The predicted octanol–water partition coefficient (Wildman–Crippen LogP) is 2.66. The number of amides is 1. The van der Waals surface area contributed by atoms with E-state index in [0.717, 1.165) is 11.3 Å². The molecule has 0 saturated carbocycles. The summed E-state index contributed by atoms with van der Waals surface area (Å²) in [6, 6.07) is 18.1. The molecule has 3 N–H and O–H groups in total. The van der Waals surface area contributed by atoms with E-state index >= 15 is 0 Å². The third-order valence-electron chi connectivity index (χ3n) is 3.74. The minimum Gasteiger partial charge on any atom is -0.870 e. The number of nitrogens with zero attached hydrogens (tertiary/aromatic N) is 1. The molecule has 136 valence electrons. The molecule has 7 heteroatoms. The molecule has 0 atom stereocenters. The first kappa shape index (κ1) is 21.9. The van der Waals surface area contributed by atoms with Gasteiger partial charge in [-0.05, 0) is 12.1 Å². The van der Waals surface area contributed by atoms with E-state index in [9.17, 15) is 4.79 Å². The van der Waals surface area contributed by atoms with E-state index in [1.165, 1.54) is 0 Å². The van der Waals surface area contributed by atoms with Gasteiger partial charge in [-0.15, -0.1) is 0 Å². The van der Waals surface area contributed by atoms with Gasteiger partial charge in [-0.1, -0.05) is 6.07 Å². The number of carbonyl (C=O) groups excluding carboxylic acids is 1. The number of ether oxygens (including phenoxy) is 1. The molecule has 0 spiro atoms. The molecule has 27 heavy (non-hydrogen) atoms. The van der Waals surface area contributed by atoms with Gasteiger partial charge in [0.2, 0.25) is 0 Å². The zero-order valence-electron chi connectivity index (χ0n) is 14.8. The van der Waals surface area contributed by atoms with Crippen LogP contribution in [0, 0.1) is 6.92 Å². The van der Waals surface area contributed by atoms with Crippen molar-refractivity contribution in [2.75, 3.05) is 5.32 Å². The summed E-state index contributed by atoms with van der Waals surface area (Å²) in [4.78, 5) is 16.6. The Bertz CT molecular complexity index is 871.